The highest BCUT2D eigenvalue weighted by Crippen LogP contribution is 2.08. The van der Waals surface area contributed by atoms with Gasteiger partial charge in [-0.05, 0) is 49.9 Å². The molecule has 0 radical (unpaired) electrons. The third kappa shape index (κ3) is 6.77. The summed E-state index contributed by atoms with van der Waals surface area (Å²) in [5.41, 5.74) is 2.65. The summed E-state index contributed by atoms with van der Waals surface area (Å²) in [5, 5.41) is 3.16. The molecule has 0 atom stereocenters. The Kier molecular flexibility index (Phi) is 7.70. The highest BCUT2D eigenvalue weighted by Gasteiger charge is 1.97. The van der Waals surface area contributed by atoms with Crippen molar-refractivity contribution in [1.82, 2.24) is 5.32 Å². The van der Waals surface area contributed by atoms with Crippen LogP contribution in [0.25, 0.3) is 0 Å². The van der Waals surface area contributed by atoms with E-state index in [4.69, 9.17) is 4.74 Å². The van der Waals surface area contributed by atoms with Crippen LogP contribution in [0.2, 0.25) is 0 Å². The first-order chi connectivity index (χ1) is 8.72. The van der Waals surface area contributed by atoms with Crippen molar-refractivity contribution in [3.05, 3.63) is 35.4 Å². The van der Waals surface area contributed by atoms with Crippen molar-refractivity contribution in [1.29, 1.82) is 0 Å². The lowest BCUT2D eigenvalue weighted by Gasteiger charge is -2.07. The standard InChI is InChI=1S/C16H27NO/c1-14(2)5-4-12-18-13-16-8-6-15(7-9-16)10-11-17-3/h6-9,14,17H,4-5,10-13H2,1-3H3. The lowest BCUT2D eigenvalue weighted by molar-refractivity contribution is 0.115. The molecule has 2 nitrogen and oxygen atoms in total. The van der Waals surface area contributed by atoms with E-state index < -0.39 is 0 Å². The van der Waals surface area contributed by atoms with Crippen molar-refractivity contribution in [3.63, 3.8) is 0 Å². The summed E-state index contributed by atoms with van der Waals surface area (Å²) in [7, 11) is 1.99. The highest BCUT2D eigenvalue weighted by atomic mass is 16.5. The Labute approximate surface area is 112 Å². The second kappa shape index (κ2) is 9.12. The molecule has 0 spiro atoms. The zero-order chi connectivity index (χ0) is 13.2. The first-order valence-electron chi connectivity index (χ1n) is 7.02. The Morgan fingerprint density at radius 2 is 1.78 bits per heavy atom. The van der Waals surface area contributed by atoms with Gasteiger partial charge in [-0.15, -0.1) is 0 Å². The SMILES string of the molecule is CNCCc1ccc(COCCCC(C)C)cc1. The van der Waals surface area contributed by atoms with Crippen molar-refractivity contribution in [2.45, 2.75) is 39.7 Å². The van der Waals surface area contributed by atoms with E-state index >= 15 is 0 Å². The Morgan fingerprint density at radius 1 is 1.11 bits per heavy atom. The molecule has 0 unspecified atom stereocenters. The highest BCUT2D eigenvalue weighted by molar-refractivity contribution is 5.22. The van der Waals surface area contributed by atoms with Crippen LogP contribution in [-0.2, 0) is 17.8 Å². The van der Waals surface area contributed by atoms with Crippen molar-refractivity contribution >= 4 is 0 Å². The average molecular weight is 249 g/mol. The first kappa shape index (κ1) is 15.2. The number of benzene rings is 1. The summed E-state index contributed by atoms with van der Waals surface area (Å²) in [6.45, 7) is 7.16. The Bertz CT molecular complexity index is 305. The summed E-state index contributed by atoms with van der Waals surface area (Å²) in [6.07, 6.45) is 3.51. The summed E-state index contributed by atoms with van der Waals surface area (Å²) >= 11 is 0. The topological polar surface area (TPSA) is 21.3 Å². The van der Waals surface area contributed by atoms with Crippen LogP contribution in [0.3, 0.4) is 0 Å². The Balaban J connectivity index is 2.18. The van der Waals surface area contributed by atoms with Crippen LogP contribution in [0.5, 0.6) is 0 Å². The van der Waals surface area contributed by atoms with Crippen molar-refractivity contribution in [2.75, 3.05) is 20.2 Å². The van der Waals surface area contributed by atoms with Gasteiger partial charge in [0.15, 0.2) is 0 Å². The van der Waals surface area contributed by atoms with Crippen molar-refractivity contribution in [3.8, 4) is 0 Å². The van der Waals surface area contributed by atoms with E-state index in [0.29, 0.717) is 0 Å². The van der Waals surface area contributed by atoms with Gasteiger partial charge < -0.3 is 10.1 Å². The van der Waals surface area contributed by atoms with E-state index in [1.165, 1.54) is 17.5 Å². The zero-order valence-corrected chi connectivity index (χ0v) is 12.0. The molecule has 0 aromatic heterocycles. The normalized spacial score (nSPS) is 11.1. The first-order valence-corrected chi connectivity index (χ1v) is 7.02. The van der Waals surface area contributed by atoms with E-state index in [1.54, 1.807) is 0 Å². The third-order valence-corrected chi connectivity index (χ3v) is 3.03. The molecule has 1 N–H and O–H groups in total. The maximum absolute atomic E-state index is 5.68. The number of ether oxygens (including phenoxy) is 1. The van der Waals surface area contributed by atoms with Crippen molar-refractivity contribution < 1.29 is 4.74 Å². The number of nitrogens with one attached hydrogen (secondary N) is 1. The molecule has 0 heterocycles. The molecule has 0 saturated heterocycles. The predicted molar refractivity (Wildman–Crippen MR) is 77.8 cm³/mol. The van der Waals surface area contributed by atoms with Crippen LogP contribution in [0.15, 0.2) is 24.3 Å². The van der Waals surface area contributed by atoms with Crippen LogP contribution in [0.1, 0.15) is 37.8 Å². The zero-order valence-electron chi connectivity index (χ0n) is 12.0. The van der Waals surface area contributed by atoms with E-state index in [-0.39, 0.29) is 0 Å². The summed E-state index contributed by atoms with van der Waals surface area (Å²) in [4.78, 5) is 0. The number of hydrogen-bond donors (Lipinski definition) is 1. The van der Waals surface area contributed by atoms with Gasteiger partial charge in [-0.2, -0.15) is 0 Å². The van der Waals surface area contributed by atoms with Gasteiger partial charge in [-0.3, -0.25) is 0 Å². The molecule has 0 aliphatic rings. The quantitative estimate of drug-likeness (QED) is 0.677. The van der Waals surface area contributed by atoms with Crippen molar-refractivity contribution in [2.24, 2.45) is 5.92 Å². The van der Waals surface area contributed by atoms with Crippen LogP contribution in [-0.4, -0.2) is 20.2 Å². The molecule has 0 bridgehead atoms. The van der Waals surface area contributed by atoms with Gasteiger partial charge in [0, 0.05) is 6.61 Å². The summed E-state index contributed by atoms with van der Waals surface area (Å²) in [6, 6.07) is 8.75. The molecule has 102 valence electrons. The van der Waals surface area contributed by atoms with Gasteiger partial charge in [0.05, 0.1) is 6.61 Å². The molecule has 0 fully saturated rings. The summed E-state index contributed by atoms with van der Waals surface area (Å²) < 4.78 is 5.68. The van der Waals surface area contributed by atoms with E-state index in [1.807, 2.05) is 7.05 Å². The number of hydrogen-bond acceptors (Lipinski definition) is 2. The fraction of sp³-hybridized carbons (Fsp3) is 0.625. The molecule has 0 aliphatic heterocycles. The van der Waals surface area contributed by atoms with Crippen LogP contribution in [0.4, 0.5) is 0 Å². The van der Waals surface area contributed by atoms with Crippen LogP contribution >= 0.6 is 0 Å². The minimum atomic E-state index is 0.740. The molecule has 1 rings (SSSR count). The second-order valence-corrected chi connectivity index (χ2v) is 5.26. The van der Waals surface area contributed by atoms with Gasteiger partial charge in [0.2, 0.25) is 0 Å². The minimum absolute atomic E-state index is 0.740. The smallest absolute Gasteiger partial charge is 0.0716 e. The molecule has 0 aliphatic carbocycles. The molecular weight excluding hydrogens is 222 g/mol. The average Bonchev–Trinajstić information content (AvgIpc) is 2.37. The lowest BCUT2D eigenvalue weighted by atomic mass is 10.1. The molecule has 1 aromatic rings. The van der Waals surface area contributed by atoms with Gasteiger partial charge in [-0.1, -0.05) is 38.1 Å². The molecule has 1 aromatic carbocycles. The number of rotatable bonds is 9. The number of likely N-dealkylation sites (N-methyl/N-ethyl adjacent to an activating group) is 1. The second-order valence-electron chi connectivity index (χ2n) is 5.26. The largest absolute Gasteiger partial charge is 0.377 e. The predicted octanol–water partition coefficient (Wildman–Crippen LogP) is 3.40. The van der Waals surface area contributed by atoms with Gasteiger partial charge in [0.1, 0.15) is 0 Å². The fourth-order valence-corrected chi connectivity index (χ4v) is 1.86. The van der Waals surface area contributed by atoms with Crippen LogP contribution in [0, 0.1) is 5.92 Å². The minimum Gasteiger partial charge on any atom is -0.377 e. The monoisotopic (exact) mass is 249 g/mol. The van der Waals surface area contributed by atoms with Gasteiger partial charge in [-0.25, -0.2) is 0 Å². The van der Waals surface area contributed by atoms with Gasteiger partial charge in [0.25, 0.3) is 0 Å². The Hall–Kier alpha value is -0.860. The van der Waals surface area contributed by atoms with Crippen LogP contribution < -0.4 is 5.32 Å². The Morgan fingerprint density at radius 3 is 2.39 bits per heavy atom. The van der Waals surface area contributed by atoms with E-state index in [9.17, 15) is 0 Å². The molecule has 0 saturated carbocycles. The summed E-state index contributed by atoms with van der Waals surface area (Å²) in [5.74, 6) is 0.778. The van der Waals surface area contributed by atoms with E-state index in [2.05, 4.69) is 43.4 Å². The fourth-order valence-electron chi connectivity index (χ4n) is 1.86. The lowest BCUT2D eigenvalue weighted by Crippen LogP contribution is -2.10. The maximum Gasteiger partial charge on any atom is 0.0716 e. The molecular formula is C16H27NO. The maximum atomic E-state index is 5.68. The van der Waals surface area contributed by atoms with Gasteiger partial charge >= 0.3 is 0 Å². The van der Waals surface area contributed by atoms with E-state index in [0.717, 1.165) is 38.5 Å². The molecule has 18 heavy (non-hydrogen) atoms. The molecule has 2 heteroatoms. The third-order valence-electron chi connectivity index (χ3n) is 3.03. The molecule has 0 amide bonds.